The van der Waals surface area contributed by atoms with Gasteiger partial charge < -0.3 is 9.64 Å². The van der Waals surface area contributed by atoms with Crippen molar-refractivity contribution < 1.29 is 9.53 Å². The van der Waals surface area contributed by atoms with Gasteiger partial charge in [-0.1, -0.05) is 12.1 Å². The van der Waals surface area contributed by atoms with Crippen molar-refractivity contribution in [3.05, 3.63) is 29.8 Å². The molecule has 0 aliphatic heterocycles. The number of thiocarbonyl (C=S) groups is 1. The van der Waals surface area contributed by atoms with Gasteiger partial charge in [0.2, 0.25) is 0 Å². The third-order valence-electron chi connectivity index (χ3n) is 2.98. The Morgan fingerprint density at radius 3 is 2.50 bits per heavy atom. The zero-order valence-electron chi connectivity index (χ0n) is 12.0. The van der Waals surface area contributed by atoms with Crippen molar-refractivity contribution >= 4 is 23.3 Å². The van der Waals surface area contributed by atoms with Gasteiger partial charge in [0.1, 0.15) is 5.75 Å². The lowest BCUT2D eigenvalue weighted by molar-refractivity contribution is -0.132. The fourth-order valence-corrected chi connectivity index (χ4v) is 1.89. The maximum absolute atomic E-state index is 11.8. The highest BCUT2D eigenvalue weighted by Crippen LogP contribution is 2.12. The van der Waals surface area contributed by atoms with Gasteiger partial charge in [0.05, 0.1) is 11.7 Å². The summed E-state index contributed by atoms with van der Waals surface area (Å²) in [6.07, 6.45) is 0.822. The largest absolute Gasteiger partial charge is 0.484 e. The summed E-state index contributed by atoms with van der Waals surface area (Å²) in [5, 5.41) is 2.35. The van der Waals surface area contributed by atoms with Crippen LogP contribution in [0, 0.1) is 0 Å². The van der Waals surface area contributed by atoms with Crippen LogP contribution in [0.3, 0.4) is 0 Å². The van der Waals surface area contributed by atoms with E-state index in [0.29, 0.717) is 25.4 Å². The lowest BCUT2D eigenvalue weighted by atomic mass is 10.1. The summed E-state index contributed by atoms with van der Waals surface area (Å²) < 4.78 is 5.49. The van der Waals surface area contributed by atoms with Crippen molar-refractivity contribution in [3.63, 3.8) is 0 Å². The SMILES string of the molecule is CCN(CC)C(=O)COc1ccc(CCN=C=S)cc1. The van der Waals surface area contributed by atoms with Crippen molar-refractivity contribution in [2.24, 2.45) is 4.99 Å². The number of nitrogens with zero attached hydrogens (tertiary/aromatic N) is 2. The van der Waals surface area contributed by atoms with Gasteiger partial charge in [0, 0.05) is 13.1 Å². The molecular weight excluding hydrogens is 272 g/mol. The van der Waals surface area contributed by atoms with Crippen molar-refractivity contribution in [2.75, 3.05) is 26.2 Å². The number of benzene rings is 1. The molecule has 0 spiro atoms. The highest BCUT2D eigenvalue weighted by molar-refractivity contribution is 7.78. The Kier molecular flexibility index (Phi) is 7.55. The summed E-state index contributed by atoms with van der Waals surface area (Å²) in [4.78, 5) is 17.4. The third kappa shape index (κ3) is 5.51. The predicted molar refractivity (Wildman–Crippen MR) is 83.5 cm³/mol. The molecule has 0 bridgehead atoms. The number of carbonyl (C=O) groups excluding carboxylic acids is 1. The van der Waals surface area contributed by atoms with Gasteiger partial charge in [0.25, 0.3) is 5.91 Å². The van der Waals surface area contributed by atoms with Crippen LogP contribution in [0.5, 0.6) is 5.75 Å². The smallest absolute Gasteiger partial charge is 0.260 e. The number of hydrogen-bond donors (Lipinski definition) is 0. The predicted octanol–water partition coefficient (Wildman–Crippen LogP) is 2.58. The zero-order valence-corrected chi connectivity index (χ0v) is 12.8. The van der Waals surface area contributed by atoms with E-state index in [4.69, 9.17) is 4.74 Å². The van der Waals surface area contributed by atoms with Gasteiger partial charge in [-0.3, -0.25) is 4.79 Å². The van der Waals surface area contributed by atoms with Crippen LogP contribution in [0.15, 0.2) is 29.3 Å². The Bertz CT molecular complexity index is 463. The first-order chi connectivity index (χ1) is 9.71. The maximum atomic E-state index is 11.8. The molecule has 0 aliphatic rings. The maximum Gasteiger partial charge on any atom is 0.260 e. The number of isothiocyanates is 1. The Morgan fingerprint density at radius 2 is 1.95 bits per heavy atom. The van der Waals surface area contributed by atoms with E-state index in [1.807, 2.05) is 38.1 Å². The molecule has 0 aromatic heterocycles. The molecule has 4 nitrogen and oxygen atoms in total. The number of rotatable bonds is 8. The van der Waals surface area contributed by atoms with E-state index in [9.17, 15) is 4.79 Å². The average molecular weight is 292 g/mol. The first kappa shape index (κ1) is 16.3. The lowest BCUT2D eigenvalue weighted by Gasteiger charge is -2.18. The van der Waals surface area contributed by atoms with Gasteiger partial charge in [-0.2, -0.15) is 0 Å². The van der Waals surface area contributed by atoms with Crippen molar-refractivity contribution in [1.29, 1.82) is 0 Å². The number of carbonyl (C=O) groups is 1. The van der Waals surface area contributed by atoms with Crippen LogP contribution in [0.1, 0.15) is 19.4 Å². The average Bonchev–Trinajstić information content (AvgIpc) is 2.48. The van der Waals surface area contributed by atoms with E-state index < -0.39 is 0 Å². The molecule has 0 saturated heterocycles. The Hall–Kier alpha value is -1.71. The van der Waals surface area contributed by atoms with Crippen LogP contribution in [0.2, 0.25) is 0 Å². The van der Waals surface area contributed by atoms with Crippen molar-refractivity contribution in [3.8, 4) is 5.75 Å². The van der Waals surface area contributed by atoms with E-state index in [1.54, 1.807) is 4.90 Å². The minimum Gasteiger partial charge on any atom is -0.484 e. The van der Waals surface area contributed by atoms with Gasteiger partial charge in [-0.15, -0.1) is 0 Å². The van der Waals surface area contributed by atoms with E-state index in [1.165, 1.54) is 0 Å². The number of likely N-dealkylation sites (N-methyl/N-ethyl adjacent to an activating group) is 1. The van der Waals surface area contributed by atoms with Crippen LogP contribution in [-0.2, 0) is 11.2 Å². The van der Waals surface area contributed by atoms with Gasteiger partial charge in [-0.25, -0.2) is 4.99 Å². The summed E-state index contributed by atoms with van der Waals surface area (Å²) in [7, 11) is 0. The Morgan fingerprint density at radius 1 is 1.30 bits per heavy atom. The fraction of sp³-hybridized carbons (Fsp3) is 0.467. The Balaban J connectivity index is 2.45. The summed E-state index contributed by atoms with van der Waals surface area (Å²) in [6, 6.07) is 7.67. The molecular formula is C15H20N2O2S. The molecule has 0 unspecified atom stereocenters. The second-order valence-corrected chi connectivity index (χ2v) is 4.40. The van der Waals surface area contributed by atoms with Gasteiger partial charge in [-0.05, 0) is 50.2 Å². The second-order valence-electron chi connectivity index (χ2n) is 4.22. The fourth-order valence-electron chi connectivity index (χ4n) is 1.80. The first-order valence-corrected chi connectivity index (χ1v) is 7.15. The Labute approximate surface area is 125 Å². The molecule has 0 N–H and O–H groups in total. The highest BCUT2D eigenvalue weighted by atomic mass is 32.1. The van der Waals surface area contributed by atoms with Crippen LogP contribution in [-0.4, -0.2) is 42.2 Å². The second kappa shape index (κ2) is 9.23. The van der Waals surface area contributed by atoms with E-state index in [2.05, 4.69) is 22.4 Å². The van der Waals surface area contributed by atoms with E-state index in [0.717, 1.165) is 12.0 Å². The van der Waals surface area contributed by atoms with E-state index in [-0.39, 0.29) is 12.5 Å². The molecule has 1 aromatic carbocycles. The summed E-state index contributed by atoms with van der Waals surface area (Å²) in [6.45, 7) is 6.05. The summed E-state index contributed by atoms with van der Waals surface area (Å²) in [5.41, 5.74) is 1.15. The minimum absolute atomic E-state index is 0.00870. The van der Waals surface area contributed by atoms with E-state index >= 15 is 0 Å². The van der Waals surface area contributed by atoms with Crippen LogP contribution >= 0.6 is 12.2 Å². The van der Waals surface area contributed by atoms with Crippen LogP contribution in [0.4, 0.5) is 0 Å². The number of aliphatic imine (C=N–C) groups is 1. The van der Waals surface area contributed by atoms with Crippen LogP contribution in [0.25, 0.3) is 0 Å². The molecule has 0 saturated carbocycles. The molecule has 20 heavy (non-hydrogen) atoms. The zero-order chi connectivity index (χ0) is 14.8. The summed E-state index contributed by atoms with van der Waals surface area (Å²) in [5.74, 6) is 0.710. The minimum atomic E-state index is 0.00870. The molecule has 1 amide bonds. The quantitative estimate of drug-likeness (QED) is 0.546. The molecule has 0 aliphatic carbocycles. The standard InChI is InChI=1S/C15H20N2O2S/c1-3-17(4-2)15(18)11-19-14-7-5-13(6-8-14)9-10-16-12-20/h5-8H,3-4,9-11H2,1-2H3. The number of hydrogen-bond acceptors (Lipinski definition) is 4. The molecule has 0 fully saturated rings. The van der Waals surface area contributed by atoms with Crippen molar-refractivity contribution in [1.82, 2.24) is 4.90 Å². The summed E-state index contributed by atoms with van der Waals surface area (Å²) >= 11 is 4.52. The van der Waals surface area contributed by atoms with Gasteiger partial charge >= 0.3 is 0 Å². The molecule has 1 aromatic rings. The molecule has 0 radical (unpaired) electrons. The third-order valence-corrected chi connectivity index (χ3v) is 3.11. The number of ether oxygens (including phenoxy) is 1. The molecule has 0 atom stereocenters. The van der Waals surface area contributed by atoms with Crippen molar-refractivity contribution in [2.45, 2.75) is 20.3 Å². The normalized spacial score (nSPS) is 9.70. The van der Waals surface area contributed by atoms with Crippen LogP contribution < -0.4 is 4.74 Å². The first-order valence-electron chi connectivity index (χ1n) is 6.74. The molecule has 5 heteroatoms. The molecule has 108 valence electrons. The highest BCUT2D eigenvalue weighted by Gasteiger charge is 2.09. The molecule has 0 heterocycles. The monoisotopic (exact) mass is 292 g/mol. The lowest BCUT2D eigenvalue weighted by Crippen LogP contribution is -2.34. The topological polar surface area (TPSA) is 41.9 Å². The molecule has 1 rings (SSSR count). The number of amides is 1. The van der Waals surface area contributed by atoms with Gasteiger partial charge in [0.15, 0.2) is 6.61 Å².